The molecule has 3 aliphatic heterocycles. The number of amides is 1. The molecule has 3 saturated heterocycles. The van der Waals surface area contributed by atoms with Gasteiger partial charge in [-0.1, -0.05) is 236 Å². The SMILES string of the molecule is CC/C=C\C/C=C\C/C=C\CCCCCC(=O)NC(COC1OC(CO)C(OC2OC(CO)C(OC3OC(CO)C(O)C(O)C3O)C(O)C2O)C(O)C1O)C(O)/C=C/CCCCCCCCCCCCCCCCCCCCCCCCCCCCC. The molecule has 87 heavy (non-hydrogen) atoms. The standard InChI is InChI=1S/C68H123NO18/c1-3-5-7-9-11-13-15-17-18-19-20-21-22-23-24-25-26-27-28-29-30-31-32-34-35-37-39-41-43-45-52(73)51(69-56(74)46-44-42-40-38-36-33-16-14-12-10-8-6-4-2)50-82-66-62(80)59(77)64(54(48-71)84-66)87-68-63(81)60(78)65(55(49-72)85-68)86-67-61(79)58(76)57(75)53(47-70)83-67/h6,8,12,14,33,36,43,45,51-55,57-68,70-73,75-81H,3-5,7,9-11,13,15-32,34-35,37-42,44,46-50H2,1-2H3,(H,69,74)/b8-6-,14-12-,36-33-,45-43+. The van der Waals surface area contributed by atoms with Gasteiger partial charge in [0, 0.05) is 6.42 Å². The minimum absolute atomic E-state index is 0.207. The van der Waals surface area contributed by atoms with Crippen LogP contribution in [0.25, 0.3) is 0 Å². The van der Waals surface area contributed by atoms with Crippen molar-refractivity contribution >= 4 is 5.91 Å². The average Bonchev–Trinajstić information content (AvgIpc) is 2.79. The Morgan fingerprint density at radius 3 is 1.24 bits per heavy atom. The molecule has 3 rings (SSSR count). The van der Waals surface area contributed by atoms with Gasteiger partial charge in [-0.25, -0.2) is 0 Å². The van der Waals surface area contributed by atoms with Gasteiger partial charge in [0.15, 0.2) is 18.9 Å². The predicted octanol–water partition coefficient (Wildman–Crippen LogP) is 8.61. The van der Waals surface area contributed by atoms with Gasteiger partial charge in [0.25, 0.3) is 0 Å². The lowest BCUT2D eigenvalue weighted by Gasteiger charge is -2.48. The summed E-state index contributed by atoms with van der Waals surface area (Å²) in [5.41, 5.74) is 0. The van der Waals surface area contributed by atoms with Crippen LogP contribution in [0.3, 0.4) is 0 Å². The molecule has 0 bridgehead atoms. The lowest BCUT2D eigenvalue weighted by atomic mass is 9.96. The summed E-state index contributed by atoms with van der Waals surface area (Å²) in [5.74, 6) is -0.304. The molecule has 0 aromatic heterocycles. The van der Waals surface area contributed by atoms with Crippen LogP contribution in [0.1, 0.15) is 245 Å². The highest BCUT2D eigenvalue weighted by molar-refractivity contribution is 5.76. The van der Waals surface area contributed by atoms with Crippen LogP contribution >= 0.6 is 0 Å². The second-order valence-electron chi connectivity index (χ2n) is 24.6. The Balaban J connectivity index is 1.41. The number of aliphatic hydroxyl groups excluding tert-OH is 11. The minimum atomic E-state index is -1.98. The Morgan fingerprint density at radius 1 is 0.425 bits per heavy atom. The maximum Gasteiger partial charge on any atom is 0.220 e. The van der Waals surface area contributed by atoms with Gasteiger partial charge in [0.05, 0.1) is 38.6 Å². The zero-order chi connectivity index (χ0) is 63.3. The zero-order valence-electron chi connectivity index (χ0n) is 53.5. The highest BCUT2D eigenvalue weighted by atomic mass is 16.8. The van der Waals surface area contributed by atoms with Crippen molar-refractivity contribution in [1.82, 2.24) is 5.32 Å². The first-order chi connectivity index (χ1) is 42.3. The van der Waals surface area contributed by atoms with Gasteiger partial charge in [-0.05, 0) is 51.4 Å². The fourth-order valence-electron chi connectivity index (χ4n) is 11.6. The van der Waals surface area contributed by atoms with Crippen molar-refractivity contribution in [2.45, 2.75) is 349 Å². The molecule has 508 valence electrons. The number of hydrogen-bond acceptors (Lipinski definition) is 18. The van der Waals surface area contributed by atoms with Crippen molar-refractivity contribution in [1.29, 1.82) is 0 Å². The number of rotatable bonds is 52. The van der Waals surface area contributed by atoms with E-state index in [-0.39, 0.29) is 18.9 Å². The molecule has 0 spiro atoms. The summed E-state index contributed by atoms with van der Waals surface area (Å²) < 4.78 is 34.3. The zero-order valence-corrected chi connectivity index (χ0v) is 53.5. The fraction of sp³-hybridized carbons (Fsp3) is 0.868. The number of allylic oxidation sites excluding steroid dienone is 7. The molecule has 19 heteroatoms. The van der Waals surface area contributed by atoms with E-state index in [1.807, 2.05) is 6.08 Å². The topological polar surface area (TPSA) is 307 Å². The largest absolute Gasteiger partial charge is 0.394 e. The van der Waals surface area contributed by atoms with E-state index in [0.717, 1.165) is 64.2 Å². The van der Waals surface area contributed by atoms with E-state index >= 15 is 0 Å². The first kappa shape index (κ1) is 79.0. The van der Waals surface area contributed by atoms with Crippen molar-refractivity contribution in [3.8, 4) is 0 Å². The predicted molar refractivity (Wildman–Crippen MR) is 337 cm³/mol. The van der Waals surface area contributed by atoms with Crippen LogP contribution < -0.4 is 5.32 Å². The summed E-state index contributed by atoms with van der Waals surface area (Å²) in [6.07, 6.45) is 32.6. The highest BCUT2D eigenvalue weighted by Crippen LogP contribution is 2.33. The smallest absolute Gasteiger partial charge is 0.220 e. The normalized spacial score (nSPS) is 28.9. The number of ether oxygens (including phenoxy) is 6. The molecule has 19 nitrogen and oxygen atoms in total. The maximum atomic E-state index is 13.3. The molecule has 0 aromatic carbocycles. The van der Waals surface area contributed by atoms with Crippen LogP contribution in [-0.4, -0.2) is 193 Å². The summed E-state index contributed by atoms with van der Waals surface area (Å²) in [5, 5.41) is 120. The second-order valence-corrected chi connectivity index (χ2v) is 24.6. The van der Waals surface area contributed by atoms with E-state index in [9.17, 15) is 61.0 Å². The molecule has 12 N–H and O–H groups in total. The van der Waals surface area contributed by atoms with E-state index in [4.69, 9.17) is 28.4 Å². The molecule has 17 unspecified atom stereocenters. The third kappa shape index (κ3) is 32.7. The Kier molecular flexibility index (Phi) is 45.7. The van der Waals surface area contributed by atoms with Gasteiger partial charge in [-0.2, -0.15) is 0 Å². The molecule has 0 aliphatic carbocycles. The monoisotopic (exact) mass is 1240 g/mol. The van der Waals surface area contributed by atoms with Crippen LogP contribution in [0.5, 0.6) is 0 Å². The first-order valence-corrected chi connectivity index (χ1v) is 34.4. The molecule has 3 heterocycles. The van der Waals surface area contributed by atoms with E-state index < -0.39 is 124 Å². The summed E-state index contributed by atoms with van der Waals surface area (Å²) in [6.45, 7) is 1.60. The molecule has 17 atom stereocenters. The number of carbonyl (C=O) groups is 1. The van der Waals surface area contributed by atoms with Crippen molar-refractivity contribution < 1.29 is 89.4 Å². The number of nitrogens with one attached hydrogen (secondary N) is 1. The first-order valence-electron chi connectivity index (χ1n) is 34.4. The molecule has 3 fully saturated rings. The van der Waals surface area contributed by atoms with Crippen LogP contribution in [-0.2, 0) is 33.2 Å². The van der Waals surface area contributed by atoms with E-state index in [1.54, 1.807) is 6.08 Å². The number of unbranched alkanes of at least 4 members (excludes halogenated alkanes) is 30. The van der Waals surface area contributed by atoms with Crippen LogP contribution in [0, 0.1) is 0 Å². The molecular formula is C68H123NO18. The van der Waals surface area contributed by atoms with Crippen molar-refractivity contribution in [2.24, 2.45) is 0 Å². The lowest BCUT2D eigenvalue weighted by molar-refractivity contribution is -0.379. The Hall–Kier alpha value is -2.25. The van der Waals surface area contributed by atoms with E-state index in [1.165, 1.54) is 154 Å². The Bertz CT molecular complexity index is 1770. The number of carbonyl (C=O) groups excluding carboxylic acids is 1. The summed E-state index contributed by atoms with van der Waals surface area (Å²) in [7, 11) is 0. The van der Waals surface area contributed by atoms with Gasteiger partial charge in [-0.3, -0.25) is 4.79 Å². The molecule has 0 radical (unpaired) electrons. The van der Waals surface area contributed by atoms with Crippen LogP contribution in [0.15, 0.2) is 48.6 Å². The molecule has 3 aliphatic rings. The van der Waals surface area contributed by atoms with Crippen LogP contribution in [0.4, 0.5) is 0 Å². The van der Waals surface area contributed by atoms with Gasteiger partial charge >= 0.3 is 0 Å². The van der Waals surface area contributed by atoms with Crippen molar-refractivity contribution in [3.63, 3.8) is 0 Å². The summed E-state index contributed by atoms with van der Waals surface area (Å²) in [6, 6.07) is -0.990. The second kappa shape index (κ2) is 50.3. The van der Waals surface area contributed by atoms with Gasteiger partial charge in [0.1, 0.15) is 73.2 Å². The molecule has 1 amide bonds. The maximum absolute atomic E-state index is 13.3. The average molecular weight is 1240 g/mol. The Morgan fingerprint density at radius 2 is 0.793 bits per heavy atom. The fourth-order valence-corrected chi connectivity index (χ4v) is 11.6. The third-order valence-corrected chi connectivity index (χ3v) is 17.1. The van der Waals surface area contributed by atoms with Gasteiger partial charge in [-0.15, -0.1) is 0 Å². The Labute approximate surface area is 523 Å². The molecule has 0 saturated carbocycles. The van der Waals surface area contributed by atoms with E-state index in [2.05, 4.69) is 55.6 Å². The van der Waals surface area contributed by atoms with Crippen molar-refractivity contribution in [3.05, 3.63) is 48.6 Å². The molecule has 0 aromatic rings. The van der Waals surface area contributed by atoms with Crippen molar-refractivity contribution in [2.75, 3.05) is 26.4 Å². The molecular weight excluding hydrogens is 1120 g/mol. The third-order valence-electron chi connectivity index (χ3n) is 17.1. The number of hydrogen-bond donors (Lipinski definition) is 12. The van der Waals surface area contributed by atoms with Gasteiger partial charge < -0.3 is 89.9 Å². The van der Waals surface area contributed by atoms with Crippen LogP contribution in [0.2, 0.25) is 0 Å². The number of aliphatic hydroxyl groups is 11. The highest BCUT2D eigenvalue weighted by Gasteiger charge is 2.53. The van der Waals surface area contributed by atoms with E-state index in [0.29, 0.717) is 6.42 Å². The lowest BCUT2D eigenvalue weighted by Crippen LogP contribution is -2.66. The summed E-state index contributed by atoms with van der Waals surface area (Å²) in [4.78, 5) is 13.3. The summed E-state index contributed by atoms with van der Waals surface area (Å²) >= 11 is 0. The minimum Gasteiger partial charge on any atom is -0.394 e. The quantitative estimate of drug-likeness (QED) is 0.0200. The van der Waals surface area contributed by atoms with Gasteiger partial charge in [0.2, 0.25) is 5.91 Å².